The van der Waals surface area contributed by atoms with Crippen LogP contribution in [0.5, 0.6) is 0 Å². The number of halogens is 1. The number of piperazine rings is 1. The lowest BCUT2D eigenvalue weighted by atomic mass is 10.3. The molecular formula is C13H22BrN3O. The van der Waals surface area contributed by atoms with E-state index in [4.69, 9.17) is 0 Å². The van der Waals surface area contributed by atoms with Gasteiger partial charge in [0.2, 0.25) is 5.91 Å². The molecule has 2 heterocycles. The summed E-state index contributed by atoms with van der Waals surface area (Å²) in [5, 5.41) is 0. The Morgan fingerprint density at radius 3 is 2.06 bits per heavy atom. The molecule has 0 aromatic rings. The van der Waals surface area contributed by atoms with Gasteiger partial charge in [-0.25, -0.2) is 0 Å². The van der Waals surface area contributed by atoms with Crippen molar-refractivity contribution in [2.45, 2.75) is 12.8 Å². The van der Waals surface area contributed by atoms with E-state index in [0.717, 1.165) is 50.3 Å². The molecule has 5 heteroatoms. The summed E-state index contributed by atoms with van der Waals surface area (Å²) in [7, 11) is 0. The third kappa shape index (κ3) is 4.07. The van der Waals surface area contributed by atoms with Crippen molar-refractivity contribution in [1.82, 2.24) is 14.7 Å². The van der Waals surface area contributed by atoms with Crippen molar-refractivity contribution in [2.75, 3.05) is 52.4 Å². The molecule has 0 bridgehead atoms. The van der Waals surface area contributed by atoms with Crippen molar-refractivity contribution in [1.29, 1.82) is 0 Å². The molecule has 102 valence electrons. The predicted octanol–water partition coefficient (Wildman–Crippen LogP) is 1.14. The van der Waals surface area contributed by atoms with Gasteiger partial charge in [-0.3, -0.25) is 14.6 Å². The van der Waals surface area contributed by atoms with Gasteiger partial charge in [0.15, 0.2) is 0 Å². The zero-order chi connectivity index (χ0) is 13.0. The van der Waals surface area contributed by atoms with Gasteiger partial charge in [0.25, 0.3) is 0 Å². The molecule has 0 aromatic heterocycles. The number of carbonyl (C=O) groups excluding carboxylic acids is 1. The molecular weight excluding hydrogens is 294 g/mol. The van der Waals surface area contributed by atoms with Gasteiger partial charge in [-0.05, 0) is 25.9 Å². The molecule has 18 heavy (non-hydrogen) atoms. The van der Waals surface area contributed by atoms with Gasteiger partial charge in [-0.1, -0.05) is 22.5 Å². The van der Waals surface area contributed by atoms with Crippen LogP contribution in [0.15, 0.2) is 11.1 Å². The average molecular weight is 316 g/mol. The Balaban J connectivity index is 1.71. The van der Waals surface area contributed by atoms with E-state index >= 15 is 0 Å². The van der Waals surface area contributed by atoms with E-state index in [1.807, 2.05) is 4.90 Å². The van der Waals surface area contributed by atoms with Gasteiger partial charge < -0.3 is 4.90 Å². The molecule has 4 nitrogen and oxygen atoms in total. The van der Waals surface area contributed by atoms with E-state index in [-0.39, 0.29) is 0 Å². The van der Waals surface area contributed by atoms with Crippen LogP contribution in [0.3, 0.4) is 0 Å². The number of hydrogen-bond acceptors (Lipinski definition) is 3. The molecule has 0 aliphatic carbocycles. The second-order valence-electron chi connectivity index (χ2n) is 5.16. The quantitative estimate of drug-likeness (QED) is 0.778. The SMILES string of the molecule is C=C(Br)CN1CCN(C(=O)CN2CCCC2)CC1. The minimum absolute atomic E-state index is 0.300. The molecule has 0 radical (unpaired) electrons. The molecule has 0 spiro atoms. The van der Waals surface area contributed by atoms with Gasteiger partial charge in [0, 0.05) is 37.2 Å². The number of amides is 1. The van der Waals surface area contributed by atoms with Crippen LogP contribution in [0.1, 0.15) is 12.8 Å². The fourth-order valence-corrected chi connectivity index (χ4v) is 2.98. The summed E-state index contributed by atoms with van der Waals surface area (Å²) in [5.41, 5.74) is 0. The lowest BCUT2D eigenvalue weighted by Gasteiger charge is -2.35. The van der Waals surface area contributed by atoms with Crippen molar-refractivity contribution in [3.8, 4) is 0 Å². The Hall–Kier alpha value is -0.390. The van der Waals surface area contributed by atoms with Crippen molar-refractivity contribution in [2.24, 2.45) is 0 Å². The van der Waals surface area contributed by atoms with E-state index in [1.54, 1.807) is 0 Å². The van der Waals surface area contributed by atoms with E-state index in [2.05, 4.69) is 32.3 Å². The van der Waals surface area contributed by atoms with E-state index in [0.29, 0.717) is 12.5 Å². The average Bonchev–Trinajstić information content (AvgIpc) is 2.82. The summed E-state index contributed by atoms with van der Waals surface area (Å²) in [6.45, 7) is 11.2. The fourth-order valence-electron chi connectivity index (χ4n) is 2.63. The van der Waals surface area contributed by atoms with Crippen molar-refractivity contribution in [3.63, 3.8) is 0 Å². The molecule has 2 aliphatic heterocycles. The third-order valence-electron chi connectivity index (χ3n) is 3.68. The minimum atomic E-state index is 0.300. The Morgan fingerprint density at radius 1 is 0.944 bits per heavy atom. The highest BCUT2D eigenvalue weighted by Gasteiger charge is 2.23. The number of carbonyl (C=O) groups is 1. The molecule has 1 amide bonds. The first-order chi connectivity index (χ1) is 8.65. The summed E-state index contributed by atoms with van der Waals surface area (Å²) in [4.78, 5) is 18.7. The molecule has 2 saturated heterocycles. The summed E-state index contributed by atoms with van der Waals surface area (Å²) in [6, 6.07) is 0. The molecule has 0 atom stereocenters. The van der Waals surface area contributed by atoms with Crippen LogP contribution < -0.4 is 0 Å². The summed E-state index contributed by atoms with van der Waals surface area (Å²) in [5.74, 6) is 0.300. The smallest absolute Gasteiger partial charge is 0.236 e. The first-order valence-corrected chi connectivity index (χ1v) is 7.50. The zero-order valence-electron chi connectivity index (χ0n) is 10.9. The van der Waals surface area contributed by atoms with Gasteiger partial charge in [0.1, 0.15) is 0 Å². The number of likely N-dealkylation sites (tertiary alicyclic amines) is 1. The van der Waals surface area contributed by atoms with Crippen LogP contribution in [0.25, 0.3) is 0 Å². The lowest BCUT2D eigenvalue weighted by molar-refractivity contribution is -0.133. The van der Waals surface area contributed by atoms with Crippen LogP contribution >= 0.6 is 15.9 Å². The second-order valence-corrected chi connectivity index (χ2v) is 6.28. The number of nitrogens with zero attached hydrogens (tertiary/aromatic N) is 3. The van der Waals surface area contributed by atoms with E-state index in [9.17, 15) is 4.79 Å². The van der Waals surface area contributed by atoms with Crippen LogP contribution in [0.2, 0.25) is 0 Å². The number of hydrogen-bond donors (Lipinski definition) is 0. The van der Waals surface area contributed by atoms with E-state index < -0.39 is 0 Å². The summed E-state index contributed by atoms with van der Waals surface area (Å²) < 4.78 is 1.01. The Morgan fingerprint density at radius 2 is 1.50 bits per heavy atom. The highest BCUT2D eigenvalue weighted by Crippen LogP contribution is 2.10. The topological polar surface area (TPSA) is 26.8 Å². The van der Waals surface area contributed by atoms with E-state index in [1.165, 1.54) is 12.8 Å². The zero-order valence-corrected chi connectivity index (χ0v) is 12.5. The predicted molar refractivity (Wildman–Crippen MR) is 76.8 cm³/mol. The minimum Gasteiger partial charge on any atom is -0.339 e. The maximum atomic E-state index is 12.1. The number of rotatable bonds is 4. The normalized spacial score (nSPS) is 22.4. The highest BCUT2D eigenvalue weighted by molar-refractivity contribution is 9.11. The van der Waals surface area contributed by atoms with Gasteiger partial charge in [-0.2, -0.15) is 0 Å². The molecule has 0 saturated carbocycles. The molecule has 2 rings (SSSR count). The van der Waals surface area contributed by atoms with Crippen LogP contribution in [0, 0.1) is 0 Å². The molecule has 2 aliphatic rings. The fraction of sp³-hybridized carbons (Fsp3) is 0.769. The standard InChI is InChI=1S/C13H22BrN3O/c1-12(14)10-16-6-8-17(9-7-16)13(18)11-15-4-2-3-5-15/h1-11H2. The van der Waals surface area contributed by atoms with Crippen LogP contribution in [-0.2, 0) is 4.79 Å². The maximum Gasteiger partial charge on any atom is 0.236 e. The molecule has 0 unspecified atom stereocenters. The van der Waals surface area contributed by atoms with Gasteiger partial charge >= 0.3 is 0 Å². The first-order valence-electron chi connectivity index (χ1n) is 6.71. The third-order valence-corrected chi connectivity index (χ3v) is 3.93. The van der Waals surface area contributed by atoms with Crippen LogP contribution in [0.4, 0.5) is 0 Å². The van der Waals surface area contributed by atoms with Gasteiger partial charge in [-0.15, -0.1) is 0 Å². The monoisotopic (exact) mass is 315 g/mol. The van der Waals surface area contributed by atoms with Crippen molar-refractivity contribution in [3.05, 3.63) is 11.1 Å². The summed E-state index contributed by atoms with van der Waals surface area (Å²) >= 11 is 3.39. The molecule has 2 fully saturated rings. The first kappa shape index (κ1) is 14.0. The molecule has 0 N–H and O–H groups in total. The second kappa shape index (κ2) is 6.68. The Bertz CT molecular complexity index is 307. The highest BCUT2D eigenvalue weighted by atomic mass is 79.9. The Kier molecular flexibility index (Phi) is 5.21. The lowest BCUT2D eigenvalue weighted by Crippen LogP contribution is -2.51. The van der Waals surface area contributed by atoms with Crippen molar-refractivity contribution >= 4 is 21.8 Å². The summed E-state index contributed by atoms with van der Waals surface area (Å²) in [6.07, 6.45) is 2.49. The molecule has 0 aromatic carbocycles. The van der Waals surface area contributed by atoms with Gasteiger partial charge in [0.05, 0.1) is 6.54 Å². The Labute approximate surface area is 118 Å². The van der Waals surface area contributed by atoms with Crippen LogP contribution in [-0.4, -0.2) is 73.0 Å². The van der Waals surface area contributed by atoms with Crippen molar-refractivity contribution < 1.29 is 4.79 Å². The largest absolute Gasteiger partial charge is 0.339 e. The maximum absolute atomic E-state index is 12.1.